The second-order valence-corrected chi connectivity index (χ2v) is 8.44. The minimum absolute atomic E-state index is 0.0121. The van der Waals surface area contributed by atoms with Crippen molar-refractivity contribution in [3.05, 3.63) is 77.9 Å². The highest BCUT2D eigenvalue weighted by atomic mass is 16.5. The van der Waals surface area contributed by atoms with Crippen molar-refractivity contribution < 1.29 is 19.1 Å². The molecule has 0 amide bonds. The minimum atomic E-state index is -0.488. The quantitative estimate of drug-likeness (QED) is 0.234. The maximum atomic E-state index is 12.5. The van der Waals surface area contributed by atoms with Crippen molar-refractivity contribution in [2.24, 2.45) is 5.92 Å². The number of carbonyl (C=O) groups excluding carboxylic acids is 2. The van der Waals surface area contributed by atoms with Crippen LogP contribution in [0.15, 0.2) is 61.2 Å². The van der Waals surface area contributed by atoms with Gasteiger partial charge < -0.3 is 20.9 Å². The van der Waals surface area contributed by atoms with Crippen LogP contribution in [0.2, 0.25) is 0 Å². The molecule has 1 fully saturated rings. The Kier molecular flexibility index (Phi) is 8.70. The van der Waals surface area contributed by atoms with Gasteiger partial charge in [-0.05, 0) is 80.3 Å². The number of carbonyl (C=O) groups is 2. The van der Waals surface area contributed by atoms with Crippen LogP contribution in [0, 0.1) is 5.92 Å². The number of esters is 2. The van der Waals surface area contributed by atoms with Crippen molar-refractivity contribution in [2.45, 2.75) is 51.2 Å². The van der Waals surface area contributed by atoms with E-state index in [-0.39, 0.29) is 18.7 Å². The lowest BCUT2D eigenvalue weighted by Crippen LogP contribution is -2.24. The van der Waals surface area contributed by atoms with Crippen molar-refractivity contribution in [2.75, 3.05) is 11.5 Å². The first kappa shape index (κ1) is 24.1. The Morgan fingerprint density at radius 3 is 2.42 bits per heavy atom. The summed E-state index contributed by atoms with van der Waals surface area (Å²) in [5, 5.41) is 0. The molecule has 1 aliphatic rings. The van der Waals surface area contributed by atoms with E-state index in [1.165, 1.54) is 12.5 Å². The number of benzene rings is 2. The number of hydrogen-bond donors (Lipinski definition) is 2. The fourth-order valence-corrected chi connectivity index (χ4v) is 3.95. The fraction of sp³-hybridized carbons (Fsp3) is 0.333. The third kappa shape index (κ3) is 7.52. The summed E-state index contributed by atoms with van der Waals surface area (Å²) in [5.74, 6) is -0.0847. The first-order valence-electron chi connectivity index (χ1n) is 11.3. The van der Waals surface area contributed by atoms with E-state index in [1.54, 1.807) is 48.5 Å². The monoisotopic (exact) mass is 448 g/mol. The van der Waals surface area contributed by atoms with Crippen molar-refractivity contribution in [3.63, 3.8) is 0 Å². The fourth-order valence-electron chi connectivity index (χ4n) is 3.95. The van der Waals surface area contributed by atoms with E-state index in [1.807, 2.05) is 6.08 Å². The van der Waals surface area contributed by atoms with Gasteiger partial charge in [-0.15, -0.1) is 6.58 Å². The molecule has 1 saturated carbocycles. The van der Waals surface area contributed by atoms with Gasteiger partial charge in [0.2, 0.25) is 0 Å². The maximum absolute atomic E-state index is 12.5. The number of nitrogen functional groups attached to an aromatic ring is 2. The lowest BCUT2D eigenvalue weighted by molar-refractivity contribution is -0.138. The zero-order valence-electron chi connectivity index (χ0n) is 18.9. The van der Waals surface area contributed by atoms with E-state index in [4.69, 9.17) is 20.9 Å². The molecule has 6 nitrogen and oxygen atoms in total. The standard InChI is InChI=1S/C27H32N2O4/c1-2-3-4-19-7-14-24(15-8-19)33-27(31)21-10-5-20(6-11-21)9-16-26(30)32-18-22-12-13-23(28)17-25(22)29/h2,5-6,9-13,16-17,19,24H,1,3-4,7-8,14-15,18,28-29H2/b16-9+. The number of anilines is 2. The normalized spacial score (nSPS) is 18.1. The van der Waals surface area contributed by atoms with Crippen LogP contribution in [-0.4, -0.2) is 18.0 Å². The summed E-state index contributed by atoms with van der Waals surface area (Å²) in [5.41, 5.74) is 14.5. The Morgan fingerprint density at radius 2 is 1.76 bits per heavy atom. The van der Waals surface area contributed by atoms with Crippen LogP contribution in [-0.2, 0) is 20.9 Å². The third-order valence-corrected chi connectivity index (χ3v) is 5.94. The predicted octanol–water partition coefficient (Wildman–Crippen LogP) is 5.29. The van der Waals surface area contributed by atoms with E-state index < -0.39 is 5.97 Å². The summed E-state index contributed by atoms with van der Waals surface area (Å²) in [4.78, 5) is 24.5. The van der Waals surface area contributed by atoms with E-state index in [9.17, 15) is 9.59 Å². The van der Waals surface area contributed by atoms with Crippen LogP contribution in [0.3, 0.4) is 0 Å². The molecule has 0 unspecified atom stereocenters. The molecule has 0 atom stereocenters. The number of nitrogens with two attached hydrogens (primary N) is 2. The molecule has 4 N–H and O–H groups in total. The van der Waals surface area contributed by atoms with Crippen molar-refractivity contribution in [1.82, 2.24) is 0 Å². The Labute approximate surface area is 195 Å². The molecule has 174 valence electrons. The molecule has 0 spiro atoms. The molecule has 1 aliphatic carbocycles. The van der Waals surface area contributed by atoms with Crippen LogP contribution >= 0.6 is 0 Å². The predicted molar refractivity (Wildman–Crippen MR) is 131 cm³/mol. The molecule has 0 radical (unpaired) electrons. The van der Waals surface area contributed by atoms with Gasteiger partial charge in [-0.25, -0.2) is 9.59 Å². The lowest BCUT2D eigenvalue weighted by atomic mass is 9.84. The third-order valence-electron chi connectivity index (χ3n) is 5.94. The molecule has 0 aromatic heterocycles. The SMILES string of the molecule is C=CCCC1CCC(OC(=O)c2ccc(/C=C/C(=O)OCc3ccc(N)cc3N)cc2)CC1. The van der Waals surface area contributed by atoms with Gasteiger partial charge in [-0.3, -0.25) is 0 Å². The van der Waals surface area contributed by atoms with Crippen molar-refractivity contribution >= 4 is 29.4 Å². The van der Waals surface area contributed by atoms with Crippen LogP contribution in [0.5, 0.6) is 0 Å². The van der Waals surface area contributed by atoms with Crippen LogP contribution < -0.4 is 11.5 Å². The summed E-state index contributed by atoms with van der Waals surface area (Å²) in [7, 11) is 0. The van der Waals surface area contributed by atoms with E-state index >= 15 is 0 Å². The van der Waals surface area contributed by atoms with E-state index in [0.717, 1.165) is 37.7 Å². The smallest absolute Gasteiger partial charge is 0.338 e. The lowest BCUT2D eigenvalue weighted by Gasteiger charge is -2.28. The molecular weight excluding hydrogens is 416 g/mol. The Balaban J connectivity index is 1.44. The highest BCUT2D eigenvalue weighted by Gasteiger charge is 2.23. The summed E-state index contributed by atoms with van der Waals surface area (Å²) in [6.07, 6.45) is 11.2. The number of allylic oxidation sites excluding steroid dienone is 1. The molecule has 0 bridgehead atoms. The van der Waals surface area contributed by atoms with E-state index in [0.29, 0.717) is 28.4 Å². The molecule has 6 heteroatoms. The number of ether oxygens (including phenoxy) is 2. The van der Waals surface area contributed by atoms with Crippen molar-refractivity contribution in [3.8, 4) is 0 Å². The average Bonchev–Trinajstić information content (AvgIpc) is 2.82. The minimum Gasteiger partial charge on any atom is -0.459 e. The zero-order valence-corrected chi connectivity index (χ0v) is 18.9. The summed E-state index contributed by atoms with van der Waals surface area (Å²) in [6, 6.07) is 12.0. The summed E-state index contributed by atoms with van der Waals surface area (Å²) >= 11 is 0. The Bertz CT molecular complexity index is 990. The second-order valence-electron chi connectivity index (χ2n) is 8.44. The van der Waals surface area contributed by atoms with Gasteiger partial charge in [0, 0.05) is 23.0 Å². The highest BCUT2D eigenvalue weighted by molar-refractivity contribution is 5.90. The highest BCUT2D eigenvalue weighted by Crippen LogP contribution is 2.30. The molecule has 0 aliphatic heterocycles. The van der Waals surface area contributed by atoms with Gasteiger partial charge >= 0.3 is 11.9 Å². The van der Waals surface area contributed by atoms with Gasteiger partial charge in [0.15, 0.2) is 0 Å². The summed E-state index contributed by atoms with van der Waals surface area (Å²) < 4.78 is 10.9. The maximum Gasteiger partial charge on any atom is 0.338 e. The summed E-state index contributed by atoms with van der Waals surface area (Å²) in [6.45, 7) is 3.85. The first-order valence-corrected chi connectivity index (χ1v) is 11.3. The number of hydrogen-bond acceptors (Lipinski definition) is 6. The largest absolute Gasteiger partial charge is 0.459 e. The second kappa shape index (κ2) is 11.9. The molecule has 0 heterocycles. The Morgan fingerprint density at radius 1 is 1.03 bits per heavy atom. The van der Waals surface area contributed by atoms with Gasteiger partial charge in [0.05, 0.1) is 5.56 Å². The van der Waals surface area contributed by atoms with Gasteiger partial charge in [-0.2, -0.15) is 0 Å². The molecule has 0 saturated heterocycles. The number of rotatable bonds is 9. The molecule has 33 heavy (non-hydrogen) atoms. The molecule has 3 rings (SSSR count). The van der Waals surface area contributed by atoms with Crippen LogP contribution in [0.4, 0.5) is 11.4 Å². The molecule has 2 aromatic carbocycles. The zero-order chi connectivity index (χ0) is 23.6. The first-order chi connectivity index (χ1) is 15.9. The van der Waals surface area contributed by atoms with Crippen LogP contribution in [0.1, 0.15) is 60.0 Å². The van der Waals surface area contributed by atoms with Gasteiger partial charge in [0.1, 0.15) is 12.7 Å². The average molecular weight is 449 g/mol. The van der Waals surface area contributed by atoms with Gasteiger partial charge in [-0.1, -0.05) is 24.3 Å². The van der Waals surface area contributed by atoms with Crippen LogP contribution in [0.25, 0.3) is 6.08 Å². The molecule has 2 aromatic rings. The molecular formula is C27H32N2O4. The van der Waals surface area contributed by atoms with Crippen molar-refractivity contribution in [1.29, 1.82) is 0 Å². The topological polar surface area (TPSA) is 105 Å². The van der Waals surface area contributed by atoms with Gasteiger partial charge in [0.25, 0.3) is 0 Å². The van der Waals surface area contributed by atoms with E-state index in [2.05, 4.69) is 6.58 Å². The Hall–Kier alpha value is -3.54.